The highest BCUT2D eigenvalue weighted by molar-refractivity contribution is 9.10. The smallest absolute Gasteiger partial charge is 0.0415 e. The number of thioether (sulfide) groups is 1. The van der Waals surface area contributed by atoms with Crippen molar-refractivity contribution in [3.05, 3.63) is 64.6 Å². The maximum Gasteiger partial charge on any atom is 0.0415 e. The lowest BCUT2D eigenvalue weighted by atomic mass is 10.1. The molecule has 0 bridgehead atoms. The van der Waals surface area contributed by atoms with E-state index in [9.17, 15) is 0 Å². The van der Waals surface area contributed by atoms with Gasteiger partial charge in [0.2, 0.25) is 0 Å². The van der Waals surface area contributed by atoms with Gasteiger partial charge in [-0.05, 0) is 36.7 Å². The van der Waals surface area contributed by atoms with E-state index in [1.807, 2.05) is 11.8 Å². The predicted octanol–water partition coefficient (Wildman–Crippen LogP) is 5.28. The van der Waals surface area contributed by atoms with E-state index >= 15 is 0 Å². The lowest BCUT2D eigenvalue weighted by molar-refractivity contribution is 0.577. The van der Waals surface area contributed by atoms with Crippen molar-refractivity contribution in [3.63, 3.8) is 0 Å². The molecule has 1 nitrogen and oxygen atoms in total. The van der Waals surface area contributed by atoms with Gasteiger partial charge in [-0.1, -0.05) is 59.3 Å². The first-order valence-corrected chi connectivity index (χ1v) is 8.74. The van der Waals surface area contributed by atoms with Gasteiger partial charge >= 0.3 is 0 Å². The molecule has 1 atom stereocenters. The van der Waals surface area contributed by atoms with Crippen LogP contribution < -0.4 is 5.32 Å². The lowest BCUT2D eigenvalue weighted by Gasteiger charge is -2.18. The van der Waals surface area contributed by atoms with Crippen LogP contribution in [0, 0.1) is 0 Å². The third-order valence-corrected chi connectivity index (χ3v) is 4.64. The van der Waals surface area contributed by atoms with Crippen LogP contribution in [0.2, 0.25) is 0 Å². The van der Waals surface area contributed by atoms with Gasteiger partial charge < -0.3 is 5.32 Å². The van der Waals surface area contributed by atoms with Crippen molar-refractivity contribution in [1.29, 1.82) is 0 Å². The minimum absolute atomic E-state index is 0.403. The van der Waals surface area contributed by atoms with Crippen molar-refractivity contribution in [2.45, 2.75) is 24.3 Å². The molecular formula is C17H20BrNS. The molecule has 106 valence electrons. The average molecular weight is 350 g/mol. The Labute approximate surface area is 134 Å². The number of halogens is 1. The van der Waals surface area contributed by atoms with Crippen molar-refractivity contribution >= 4 is 27.7 Å². The summed E-state index contributed by atoms with van der Waals surface area (Å²) in [6.45, 7) is 3.26. The van der Waals surface area contributed by atoms with Crippen LogP contribution in [0.25, 0.3) is 0 Å². The predicted molar refractivity (Wildman–Crippen MR) is 92.3 cm³/mol. The molecule has 0 aliphatic carbocycles. The second-order valence-corrected chi connectivity index (χ2v) is 6.69. The third-order valence-electron chi connectivity index (χ3n) is 3.06. The fourth-order valence-corrected chi connectivity index (χ4v) is 3.62. The maximum absolute atomic E-state index is 3.64. The monoisotopic (exact) mass is 349 g/mol. The molecule has 0 fully saturated rings. The van der Waals surface area contributed by atoms with E-state index in [1.54, 1.807) is 0 Å². The summed E-state index contributed by atoms with van der Waals surface area (Å²) in [6.07, 6.45) is 1.16. The molecule has 0 aliphatic rings. The number of hydrogen-bond donors (Lipinski definition) is 1. The molecule has 1 unspecified atom stereocenters. The molecule has 3 heteroatoms. The van der Waals surface area contributed by atoms with E-state index in [-0.39, 0.29) is 0 Å². The summed E-state index contributed by atoms with van der Waals surface area (Å²) in [5.74, 6) is 1.04. The van der Waals surface area contributed by atoms with E-state index in [1.165, 1.54) is 10.5 Å². The van der Waals surface area contributed by atoms with Crippen LogP contribution in [0.4, 0.5) is 0 Å². The van der Waals surface area contributed by atoms with Crippen molar-refractivity contribution in [1.82, 2.24) is 5.32 Å². The van der Waals surface area contributed by atoms with Gasteiger partial charge in [0.05, 0.1) is 0 Å². The number of benzene rings is 2. The van der Waals surface area contributed by atoms with Crippen molar-refractivity contribution in [2.75, 3.05) is 12.3 Å². The molecule has 2 rings (SSSR count). The van der Waals surface area contributed by atoms with Crippen LogP contribution >= 0.6 is 27.7 Å². The van der Waals surface area contributed by atoms with Gasteiger partial charge in [-0.3, -0.25) is 0 Å². The van der Waals surface area contributed by atoms with Gasteiger partial charge in [0.25, 0.3) is 0 Å². The van der Waals surface area contributed by atoms with Crippen LogP contribution in [0.15, 0.2) is 64.0 Å². The summed E-state index contributed by atoms with van der Waals surface area (Å²) < 4.78 is 1.14. The highest BCUT2D eigenvalue weighted by Gasteiger charge is 2.10. The van der Waals surface area contributed by atoms with Gasteiger partial charge in [-0.2, -0.15) is 0 Å². The van der Waals surface area contributed by atoms with Gasteiger partial charge in [-0.15, -0.1) is 11.8 Å². The van der Waals surface area contributed by atoms with Crippen LogP contribution in [-0.4, -0.2) is 12.3 Å². The van der Waals surface area contributed by atoms with E-state index in [2.05, 4.69) is 82.8 Å². The molecule has 0 radical (unpaired) electrons. The minimum Gasteiger partial charge on any atom is -0.309 e. The van der Waals surface area contributed by atoms with E-state index < -0.39 is 0 Å². The quantitative estimate of drug-likeness (QED) is 0.682. The lowest BCUT2D eigenvalue weighted by Crippen LogP contribution is -2.24. The van der Waals surface area contributed by atoms with Crippen LogP contribution in [0.3, 0.4) is 0 Å². The van der Waals surface area contributed by atoms with Crippen LogP contribution in [-0.2, 0) is 0 Å². The minimum atomic E-state index is 0.403. The van der Waals surface area contributed by atoms with E-state index in [0.717, 1.165) is 23.2 Å². The molecule has 0 spiro atoms. The molecule has 0 heterocycles. The van der Waals surface area contributed by atoms with Crippen molar-refractivity contribution in [3.8, 4) is 0 Å². The van der Waals surface area contributed by atoms with Gasteiger partial charge in [0.1, 0.15) is 0 Å². The fourth-order valence-electron chi connectivity index (χ4n) is 2.01. The van der Waals surface area contributed by atoms with Gasteiger partial charge in [0, 0.05) is 21.2 Å². The Balaban J connectivity index is 2.01. The maximum atomic E-state index is 3.64. The number of hydrogen-bond acceptors (Lipinski definition) is 2. The topological polar surface area (TPSA) is 12.0 Å². The summed E-state index contributed by atoms with van der Waals surface area (Å²) in [5, 5.41) is 3.64. The average Bonchev–Trinajstić information content (AvgIpc) is 2.48. The highest BCUT2D eigenvalue weighted by atomic mass is 79.9. The summed E-state index contributed by atoms with van der Waals surface area (Å²) >= 11 is 5.42. The van der Waals surface area contributed by atoms with Gasteiger partial charge in [0.15, 0.2) is 0 Å². The summed E-state index contributed by atoms with van der Waals surface area (Å²) in [4.78, 5) is 1.30. The second kappa shape index (κ2) is 8.50. The highest BCUT2D eigenvalue weighted by Crippen LogP contribution is 2.26. The Kier molecular flexibility index (Phi) is 6.64. The molecular weight excluding hydrogens is 330 g/mol. The number of nitrogens with one attached hydrogen (secondary N) is 1. The first-order valence-electron chi connectivity index (χ1n) is 6.96. The third kappa shape index (κ3) is 4.97. The Morgan fingerprint density at radius 2 is 1.90 bits per heavy atom. The Morgan fingerprint density at radius 3 is 2.60 bits per heavy atom. The van der Waals surface area contributed by atoms with E-state index in [0.29, 0.717) is 6.04 Å². The second-order valence-electron chi connectivity index (χ2n) is 4.69. The standard InChI is InChI=1S/C17H20BrNS/c1-2-11-19-17(14-7-4-3-5-8-14)13-20-16-10-6-9-15(18)12-16/h3-10,12,17,19H,2,11,13H2,1H3. The zero-order valence-corrected chi connectivity index (χ0v) is 14.1. The zero-order valence-electron chi connectivity index (χ0n) is 11.7. The largest absolute Gasteiger partial charge is 0.309 e. The summed E-state index contributed by atoms with van der Waals surface area (Å²) in [6, 6.07) is 19.6. The van der Waals surface area contributed by atoms with Crippen LogP contribution in [0.5, 0.6) is 0 Å². The molecule has 2 aromatic carbocycles. The molecule has 20 heavy (non-hydrogen) atoms. The molecule has 0 aromatic heterocycles. The first-order chi connectivity index (χ1) is 9.79. The Hall–Kier alpha value is -0.770. The SMILES string of the molecule is CCCNC(CSc1cccc(Br)c1)c1ccccc1. The molecule has 0 amide bonds. The van der Waals surface area contributed by atoms with Crippen LogP contribution in [0.1, 0.15) is 24.9 Å². The molecule has 0 saturated carbocycles. The summed E-state index contributed by atoms with van der Waals surface area (Å²) in [5.41, 5.74) is 1.36. The van der Waals surface area contributed by atoms with Gasteiger partial charge in [-0.25, -0.2) is 0 Å². The number of rotatable bonds is 7. The molecule has 1 N–H and O–H groups in total. The molecule has 2 aromatic rings. The fraction of sp³-hybridized carbons (Fsp3) is 0.294. The molecule has 0 saturated heterocycles. The molecule has 0 aliphatic heterocycles. The zero-order chi connectivity index (χ0) is 14.2. The normalized spacial score (nSPS) is 12.3. The first kappa shape index (κ1) is 15.6. The van der Waals surface area contributed by atoms with Crippen molar-refractivity contribution in [2.24, 2.45) is 0 Å². The Morgan fingerprint density at radius 1 is 1.10 bits per heavy atom. The van der Waals surface area contributed by atoms with E-state index in [4.69, 9.17) is 0 Å². The summed E-state index contributed by atoms with van der Waals surface area (Å²) in [7, 11) is 0. The Bertz CT molecular complexity index is 515. The van der Waals surface area contributed by atoms with Crippen molar-refractivity contribution < 1.29 is 0 Å².